The van der Waals surface area contributed by atoms with Crippen molar-refractivity contribution in [3.8, 4) is 5.75 Å². The Morgan fingerprint density at radius 3 is 3.00 bits per heavy atom. The van der Waals surface area contributed by atoms with Crippen molar-refractivity contribution in [2.75, 3.05) is 13.7 Å². The van der Waals surface area contributed by atoms with E-state index < -0.39 is 0 Å². The van der Waals surface area contributed by atoms with Crippen LogP contribution in [0.5, 0.6) is 5.75 Å². The highest BCUT2D eigenvalue weighted by Gasteiger charge is 2.24. The van der Waals surface area contributed by atoms with E-state index in [-0.39, 0.29) is 5.91 Å². The lowest BCUT2D eigenvalue weighted by Crippen LogP contribution is -2.37. The molecule has 1 amide bonds. The standard InChI is InChI=1S/C16H19N3O2/c1-18-11-17-13-7-8-19(10-14(13)18)16(20)9-12-5-3-4-6-15(12)21-2/h3-6,11H,7-10H2,1-2H3. The molecule has 0 atom stereocenters. The Bertz CT molecular complexity index is 663. The summed E-state index contributed by atoms with van der Waals surface area (Å²) in [4.78, 5) is 18.8. The summed E-state index contributed by atoms with van der Waals surface area (Å²) in [5, 5.41) is 0. The summed E-state index contributed by atoms with van der Waals surface area (Å²) in [5.74, 6) is 0.899. The van der Waals surface area contributed by atoms with Gasteiger partial charge in [-0.3, -0.25) is 4.79 Å². The first kappa shape index (κ1) is 13.7. The zero-order valence-electron chi connectivity index (χ0n) is 12.4. The Labute approximate surface area is 124 Å². The van der Waals surface area contributed by atoms with E-state index in [1.54, 1.807) is 7.11 Å². The topological polar surface area (TPSA) is 47.4 Å². The van der Waals surface area contributed by atoms with E-state index in [1.165, 1.54) is 0 Å². The molecule has 3 rings (SSSR count). The average molecular weight is 285 g/mol. The van der Waals surface area contributed by atoms with Gasteiger partial charge in [0.1, 0.15) is 5.75 Å². The lowest BCUT2D eigenvalue weighted by atomic mass is 10.1. The molecule has 0 aliphatic carbocycles. The maximum atomic E-state index is 12.5. The van der Waals surface area contributed by atoms with Crippen LogP contribution in [0.2, 0.25) is 0 Å². The number of benzene rings is 1. The normalized spacial score (nSPS) is 13.9. The summed E-state index contributed by atoms with van der Waals surface area (Å²) in [6.07, 6.45) is 3.02. The predicted molar refractivity (Wildman–Crippen MR) is 79.0 cm³/mol. The number of methoxy groups -OCH3 is 1. The second-order valence-electron chi connectivity index (χ2n) is 5.30. The number of aromatic nitrogens is 2. The third-order valence-electron chi connectivity index (χ3n) is 3.99. The molecule has 5 nitrogen and oxygen atoms in total. The fourth-order valence-electron chi connectivity index (χ4n) is 2.75. The number of ether oxygens (including phenoxy) is 1. The van der Waals surface area contributed by atoms with E-state index in [0.717, 1.165) is 35.7 Å². The maximum absolute atomic E-state index is 12.5. The number of hydrogen-bond donors (Lipinski definition) is 0. The number of nitrogens with zero attached hydrogens (tertiary/aromatic N) is 3. The Morgan fingerprint density at radius 2 is 2.19 bits per heavy atom. The Hall–Kier alpha value is -2.30. The van der Waals surface area contributed by atoms with Gasteiger partial charge in [0.15, 0.2) is 0 Å². The van der Waals surface area contributed by atoms with Crippen LogP contribution in [0.3, 0.4) is 0 Å². The zero-order chi connectivity index (χ0) is 14.8. The molecule has 1 aliphatic heterocycles. The van der Waals surface area contributed by atoms with E-state index in [9.17, 15) is 4.79 Å². The van der Waals surface area contributed by atoms with E-state index in [1.807, 2.05) is 47.1 Å². The molecule has 110 valence electrons. The summed E-state index contributed by atoms with van der Waals surface area (Å²) >= 11 is 0. The summed E-state index contributed by atoms with van der Waals surface area (Å²) in [6.45, 7) is 1.37. The molecule has 0 fully saturated rings. The van der Waals surface area contributed by atoms with Crippen LogP contribution in [-0.2, 0) is 31.2 Å². The van der Waals surface area contributed by atoms with Crippen molar-refractivity contribution in [2.45, 2.75) is 19.4 Å². The smallest absolute Gasteiger partial charge is 0.227 e. The minimum absolute atomic E-state index is 0.131. The van der Waals surface area contributed by atoms with Gasteiger partial charge in [-0.1, -0.05) is 18.2 Å². The van der Waals surface area contributed by atoms with Crippen LogP contribution in [0.4, 0.5) is 0 Å². The molecule has 0 saturated heterocycles. The molecular formula is C16H19N3O2. The fraction of sp³-hybridized carbons (Fsp3) is 0.375. The molecule has 2 aromatic rings. The monoisotopic (exact) mass is 285 g/mol. The summed E-state index contributed by atoms with van der Waals surface area (Å²) in [6, 6.07) is 7.67. The van der Waals surface area contributed by atoms with E-state index in [4.69, 9.17) is 4.74 Å². The van der Waals surface area contributed by atoms with Gasteiger partial charge in [-0.2, -0.15) is 0 Å². The molecule has 0 bridgehead atoms. The van der Waals surface area contributed by atoms with Crippen LogP contribution < -0.4 is 4.74 Å². The molecule has 1 aromatic heterocycles. The van der Waals surface area contributed by atoms with Crippen molar-refractivity contribution < 1.29 is 9.53 Å². The van der Waals surface area contributed by atoms with Gasteiger partial charge in [0.05, 0.1) is 37.8 Å². The number of fused-ring (bicyclic) bond motifs is 1. The van der Waals surface area contributed by atoms with Gasteiger partial charge in [0.2, 0.25) is 5.91 Å². The SMILES string of the molecule is COc1ccccc1CC(=O)N1CCc2ncn(C)c2C1. The molecule has 21 heavy (non-hydrogen) atoms. The van der Waals surface area contributed by atoms with Crippen LogP contribution in [0.1, 0.15) is 17.0 Å². The van der Waals surface area contributed by atoms with Gasteiger partial charge in [0.25, 0.3) is 0 Å². The first-order chi connectivity index (χ1) is 10.2. The number of rotatable bonds is 3. The van der Waals surface area contributed by atoms with Gasteiger partial charge < -0.3 is 14.2 Å². The van der Waals surface area contributed by atoms with Gasteiger partial charge >= 0.3 is 0 Å². The minimum Gasteiger partial charge on any atom is -0.496 e. The molecule has 1 aliphatic rings. The van der Waals surface area contributed by atoms with Gasteiger partial charge in [-0.15, -0.1) is 0 Å². The van der Waals surface area contributed by atoms with E-state index in [0.29, 0.717) is 13.0 Å². The number of carbonyl (C=O) groups excluding carboxylic acids is 1. The molecular weight excluding hydrogens is 266 g/mol. The highest BCUT2D eigenvalue weighted by molar-refractivity contribution is 5.79. The molecule has 0 N–H and O–H groups in total. The second kappa shape index (κ2) is 5.60. The Balaban J connectivity index is 1.74. The summed E-state index contributed by atoms with van der Waals surface area (Å²) in [7, 11) is 3.60. The van der Waals surface area contributed by atoms with Crippen molar-refractivity contribution >= 4 is 5.91 Å². The third kappa shape index (κ3) is 2.63. The first-order valence-electron chi connectivity index (χ1n) is 7.07. The fourth-order valence-corrected chi connectivity index (χ4v) is 2.75. The maximum Gasteiger partial charge on any atom is 0.227 e. The molecule has 2 heterocycles. The lowest BCUT2D eigenvalue weighted by Gasteiger charge is -2.27. The van der Waals surface area contributed by atoms with Crippen LogP contribution in [0.15, 0.2) is 30.6 Å². The lowest BCUT2D eigenvalue weighted by molar-refractivity contribution is -0.131. The van der Waals surface area contributed by atoms with Crippen LogP contribution >= 0.6 is 0 Å². The van der Waals surface area contributed by atoms with Crippen LogP contribution in [0.25, 0.3) is 0 Å². The number of carbonyl (C=O) groups is 1. The van der Waals surface area contributed by atoms with Crippen LogP contribution in [-0.4, -0.2) is 34.0 Å². The number of para-hydroxylation sites is 1. The largest absolute Gasteiger partial charge is 0.496 e. The number of aryl methyl sites for hydroxylation is 1. The third-order valence-corrected chi connectivity index (χ3v) is 3.99. The highest BCUT2D eigenvalue weighted by atomic mass is 16.5. The summed E-state index contributed by atoms with van der Waals surface area (Å²) < 4.78 is 7.31. The van der Waals surface area contributed by atoms with Crippen LogP contribution in [0, 0.1) is 0 Å². The molecule has 0 spiro atoms. The van der Waals surface area contributed by atoms with Gasteiger partial charge in [0, 0.05) is 25.6 Å². The molecule has 0 saturated carbocycles. The number of amides is 1. The Morgan fingerprint density at radius 1 is 1.38 bits per heavy atom. The van der Waals surface area contributed by atoms with Gasteiger partial charge in [-0.25, -0.2) is 4.98 Å². The molecule has 1 aromatic carbocycles. The average Bonchev–Trinajstić information content (AvgIpc) is 2.88. The highest BCUT2D eigenvalue weighted by Crippen LogP contribution is 2.21. The Kier molecular flexibility index (Phi) is 3.64. The predicted octanol–water partition coefficient (Wildman–Crippen LogP) is 1.56. The number of hydrogen-bond acceptors (Lipinski definition) is 3. The van der Waals surface area contributed by atoms with Crippen molar-refractivity contribution in [3.63, 3.8) is 0 Å². The molecule has 0 radical (unpaired) electrons. The summed E-state index contributed by atoms with van der Waals surface area (Å²) in [5.41, 5.74) is 3.18. The minimum atomic E-state index is 0.131. The van der Waals surface area contributed by atoms with Crippen molar-refractivity contribution in [2.24, 2.45) is 7.05 Å². The van der Waals surface area contributed by atoms with Crippen molar-refractivity contribution in [1.82, 2.24) is 14.5 Å². The number of imidazole rings is 1. The van der Waals surface area contributed by atoms with E-state index >= 15 is 0 Å². The quantitative estimate of drug-likeness (QED) is 0.860. The second-order valence-corrected chi connectivity index (χ2v) is 5.30. The van der Waals surface area contributed by atoms with Crippen molar-refractivity contribution in [1.29, 1.82) is 0 Å². The zero-order valence-corrected chi connectivity index (χ0v) is 12.4. The van der Waals surface area contributed by atoms with Gasteiger partial charge in [-0.05, 0) is 6.07 Å². The molecule has 0 unspecified atom stereocenters. The molecule has 5 heteroatoms. The first-order valence-corrected chi connectivity index (χ1v) is 7.07. The van der Waals surface area contributed by atoms with E-state index in [2.05, 4.69) is 4.98 Å². The van der Waals surface area contributed by atoms with Crippen molar-refractivity contribution in [3.05, 3.63) is 47.5 Å².